The van der Waals surface area contributed by atoms with Gasteiger partial charge in [-0.1, -0.05) is 70.4 Å². The number of likely N-dealkylation sites (N-methyl/N-ethyl adjacent to an activating group) is 1. The number of allylic oxidation sites excluding steroid dienone is 2. The van der Waals surface area contributed by atoms with Crippen LogP contribution in [0.4, 0.5) is 0 Å². The lowest BCUT2D eigenvalue weighted by Gasteiger charge is -2.41. The number of hydrogen-bond acceptors (Lipinski definition) is 2. The number of quaternary nitrogens is 1. The SMILES string of the molecule is CCCCCCCCC=CCCCCCCCC(=O)NC[N+](C)(C)C(C)(C)C(=O)O. The number of amides is 1. The first-order valence-electron chi connectivity index (χ1n) is 12.1. The van der Waals surface area contributed by atoms with Crippen LogP contribution in [-0.2, 0) is 9.59 Å². The maximum absolute atomic E-state index is 12.0. The molecule has 2 N–H and O–H groups in total. The van der Waals surface area contributed by atoms with E-state index in [-0.39, 0.29) is 10.4 Å². The first-order chi connectivity index (χ1) is 14.1. The van der Waals surface area contributed by atoms with E-state index in [1.165, 1.54) is 70.6 Å². The van der Waals surface area contributed by atoms with Crippen LogP contribution in [0, 0.1) is 0 Å². The molecule has 0 aliphatic rings. The van der Waals surface area contributed by atoms with Crippen LogP contribution in [-0.4, -0.2) is 47.8 Å². The van der Waals surface area contributed by atoms with Gasteiger partial charge in [0.15, 0.2) is 12.2 Å². The number of nitrogens with one attached hydrogen (secondary N) is 1. The lowest BCUT2D eigenvalue weighted by atomic mass is 10.0. The first kappa shape index (κ1) is 28.6. The molecule has 0 aliphatic carbocycles. The van der Waals surface area contributed by atoms with E-state index in [4.69, 9.17) is 0 Å². The second-order valence-corrected chi connectivity index (χ2v) is 9.64. The molecule has 5 heteroatoms. The zero-order valence-electron chi connectivity index (χ0n) is 20.5. The Morgan fingerprint density at radius 3 is 1.80 bits per heavy atom. The monoisotopic (exact) mass is 425 g/mol. The zero-order chi connectivity index (χ0) is 22.9. The Morgan fingerprint density at radius 1 is 0.833 bits per heavy atom. The minimum absolute atomic E-state index is 0.0139. The summed E-state index contributed by atoms with van der Waals surface area (Å²) in [5.74, 6) is -0.848. The molecule has 0 bridgehead atoms. The molecular formula is C25H49N2O3+. The van der Waals surface area contributed by atoms with Crippen molar-refractivity contribution in [1.29, 1.82) is 0 Å². The number of hydrogen-bond donors (Lipinski definition) is 2. The Balaban J connectivity index is 3.61. The van der Waals surface area contributed by atoms with Crippen LogP contribution in [0.1, 0.15) is 111 Å². The third kappa shape index (κ3) is 13.0. The fraction of sp³-hybridized carbons (Fsp3) is 0.840. The summed E-state index contributed by atoms with van der Waals surface area (Å²) in [5, 5.41) is 12.3. The number of carbonyl (C=O) groups excluding carboxylic acids is 1. The molecule has 5 nitrogen and oxygen atoms in total. The van der Waals surface area contributed by atoms with Crippen molar-refractivity contribution in [3.05, 3.63) is 12.2 Å². The standard InChI is InChI=1S/C25H48N2O3/c1-6-7-8-9-10-11-12-13-14-15-16-17-18-19-20-21-23(28)26-22-27(4,5)25(2,3)24(29)30/h13-14H,6-12,15-22H2,1-5H3,(H-,26,28,29,30)/p+1. The van der Waals surface area contributed by atoms with Gasteiger partial charge >= 0.3 is 5.97 Å². The lowest BCUT2D eigenvalue weighted by Crippen LogP contribution is -2.63. The molecule has 0 unspecified atom stereocenters. The predicted octanol–water partition coefficient (Wildman–Crippen LogP) is 6.04. The Labute approximate surface area is 185 Å². The number of nitrogens with zero attached hydrogens (tertiary/aromatic N) is 1. The van der Waals surface area contributed by atoms with Crippen LogP contribution in [0.15, 0.2) is 12.2 Å². The van der Waals surface area contributed by atoms with E-state index in [2.05, 4.69) is 24.4 Å². The molecule has 0 saturated carbocycles. The number of carboxylic acids is 1. The van der Waals surface area contributed by atoms with Gasteiger partial charge in [-0.2, -0.15) is 0 Å². The highest BCUT2D eigenvalue weighted by Gasteiger charge is 2.43. The average molecular weight is 426 g/mol. The molecule has 0 spiro atoms. The fourth-order valence-electron chi connectivity index (χ4n) is 3.19. The summed E-state index contributed by atoms with van der Waals surface area (Å²) in [7, 11) is 3.66. The Bertz CT molecular complexity index is 499. The van der Waals surface area contributed by atoms with Gasteiger partial charge in [-0.3, -0.25) is 9.28 Å². The van der Waals surface area contributed by atoms with Crippen molar-refractivity contribution in [1.82, 2.24) is 5.32 Å². The highest BCUT2D eigenvalue weighted by molar-refractivity contribution is 5.77. The summed E-state index contributed by atoms with van der Waals surface area (Å²) < 4.78 is 0.209. The van der Waals surface area contributed by atoms with Crippen molar-refractivity contribution in [2.75, 3.05) is 20.8 Å². The van der Waals surface area contributed by atoms with Gasteiger partial charge in [0, 0.05) is 20.3 Å². The summed E-state index contributed by atoms with van der Waals surface area (Å²) in [4.78, 5) is 23.5. The van der Waals surface area contributed by atoms with Gasteiger partial charge in [-0.25, -0.2) is 4.79 Å². The molecule has 0 radical (unpaired) electrons. The van der Waals surface area contributed by atoms with E-state index >= 15 is 0 Å². The molecular weight excluding hydrogens is 376 g/mol. The summed E-state index contributed by atoms with van der Waals surface area (Å²) >= 11 is 0. The first-order valence-corrected chi connectivity index (χ1v) is 12.1. The molecule has 30 heavy (non-hydrogen) atoms. The van der Waals surface area contributed by atoms with E-state index in [1.54, 1.807) is 13.8 Å². The molecule has 0 aliphatic heterocycles. The maximum atomic E-state index is 12.0. The summed E-state index contributed by atoms with van der Waals surface area (Å²) in [5.41, 5.74) is -0.948. The molecule has 0 aromatic heterocycles. The third-order valence-corrected chi connectivity index (χ3v) is 6.37. The minimum Gasteiger partial charge on any atom is -0.477 e. The highest BCUT2D eigenvalue weighted by Crippen LogP contribution is 2.19. The number of aliphatic carboxylic acids is 1. The fourth-order valence-corrected chi connectivity index (χ4v) is 3.19. The minimum atomic E-state index is -0.948. The average Bonchev–Trinajstić information content (AvgIpc) is 2.69. The Kier molecular flexibility index (Phi) is 15.6. The van der Waals surface area contributed by atoms with Gasteiger partial charge in [0.2, 0.25) is 5.91 Å². The Hall–Kier alpha value is -1.36. The molecule has 1 amide bonds. The van der Waals surface area contributed by atoms with Crippen molar-refractivity contribution in [3.63, 3.8) is 0 Å². The second kappa shape index (κ2) is 16.3. The number of rotatable bonds is 19. The van der Waals surface area contributed by atoms with Crippen LogP contribution in [0.25, 0.3) is 0 Å². The molecule has 0 heterocycles. The molecule has 0 saturated heterocycles. The molecule has 0 rings (SSSR count). The molecule has 0 atom stereocenters. The number of carboxylic acid groups (broad SMARTS) is 1. The van der Waals surface area contributed by atoms with Gasteiger partial charge in [0.25, 0.3) is 0 Å². The highest BCUT2D eigenvalue weighted by atomic mass is 16.4. The van der Waals surface area contributed by atoms with Gasteiger partial charge in [0.05, 0.1) is 14.1 Å². The second-order valence-electron chi connectivity index (χ2n) is 9.64. The van der Waals surface area contributed by atoms with Crippen molar-refractivity contribution in [2.24, 2.45) is 0 Å². The number of carbonyl (C=O) groups is 2. The quantitative estimate of drug-likeness (QED) is 0.115. The van der Waals surface area contributed by atoms with Crippen LogP contribution in [0.3, 0.4) is 0 Å². The number of unbranched alkanes of at least 4 members (excludes halogenated alkanes) is 11. The van der Waals surface area contributed by atoms with Crippen LogP contribution in [0.2, 0.25) is 0 Å². The van der Waals surface area contributed by atoms with Gasteiger partial charge in [0.1, 0.15) is 0 Å². The predicted molar refractivity (Wildman–Crippen MR) is 126 cm³/mol. The van der Waals surface area contributed by atoms with Crippen LogP contribution in [0.5, 0.6) is 0 Å². The smallest absolute Gasteiger partial charge is 0.365 e. The van der Waals surface area contributed by atoms with Crippen molar-refractivity contribution in [2.45, 2.75) is 116 Å². The largest absolute Gasteiger partial charge is 0.477 e. The molecule has 0 aromatic carbocycles. The summed E-state index contributed by atoms with van der Waals surface area (Å²) in [6.07, 6.45) is 21.4. The third-order valence-electron chi connectivity index (χ3n) is 6.37. The Morgan fingerprint density at radius 2 is 1.30 bits per heavy atom. The van der Waals surface area contributed by atoms with Gasteiger partial charge in [-0.15, -0.1) is 0 Å². The van der Waals surface area contributed by atoms with E-state index < -0.39 is 11.5 Å². The maximum Gasteiger partial charge on any atom is 0.365 e. The molecule has 0 fully saturated rings. The summed E-state index contributed by atoms with van der Waals surface area (Å²) in [6, 6.07) is 0. The lowest BCUT2D eigenvalue weighted by molar-refractivity contribution is -0.929. The molecule has 176 valence electrons. The summed E-state index contributed by atoms with van der Waals surface area (Å²) in [6.45, 7) is 5.95. The van der Waals surface area contributed by atoms with E-state index in [0.29, 0.717) is 13.1 Å². The van der Waals surface area contributed by atoms with Gasteiger partial charge < -0.3 is 10.4 Å². The van der Waals surface area contributed by atoms with E-state index in [1.807, 2.05) is 14.1 Å². The normalized spacial score (nSPS) is 12.4. The van der Waals surface area contributed by atoms with Gasteiger partial charge in [-0.05, 0) is 32.1 Å². The van der Waals surface area contributed by atoms with Crippen LogP contribution < -0.4 is 5.32 Å². The molecule has 0 aromatic rings. The van der Waals surface area contributed by atoms with Crippen molar-refractivity contribution < 1.29 is 19.2 Å². The van der Waals surface area contributed by atoms with Crippen LogP contribution >= 0.6 is 0 Å². The topological polar surface area (TPSA) is 66.4 Å². The van der Waals surface area contributed by atoms with E-state index in [9.17, 15) is 14.7 Å². The zero-order valence-corrected chi connectivity index (χ0v) is 20.5. The van der Waals surface area contributed by atoms with E-state index in [0.717, 1.165) is 12.8 Å². The van der Waals surface area contributed by atoms with Crippen molar-refractivity contribution in [3.8, 4) is 0 Å². The van der Waals surface area contributed by atoms with Crippen molar-refractivity contribution >= 4 is 11.9 Å².